The lowest BCUT2D eigenvalue weighted by Crippen LogP contribution is -2.14. The number of rotatable bonds is 7. The Bertz CT molecular complexity index is 1400. The van der Waals surface area contributed by atoms with Crippen LogP contribution in [-0.2, 0) is 11.2 Å². The number of carboxylic acids is 1. The standard InChI is InChI=1S/C26H22N2O4S/c1-15-7-8-19(11-16(15)2)25(29)21(13-17-5-4-6-20(12-17)32-3)24(26(30)31)18-9-10-22-23(14-18)28-33-27-22/h4-12,14H,13H2,1-3H3,(H,30,31)/b24-21+. The lowest BCUT2D eigenvalue weighted by molar-refractivity contribution is -0.130. The van der Waals surface area contributed by atoms with E-state index >= 15 is 0 Å². The highest BCUT2D eigenvalue weighted by Crippen LogP contribution is 2.29. The van der Waals surface area contributed by atoms with Crippen molar-refractivity contribution >= 4 is 40.1 Å². The van der Waals surface area contributed by atoms with E-state index in [0.29, 0.717) is 27.9 Å². The number of hydrogen-bond donors (Lipinski definition) is 1. The molecule has 0 saturated heterocycles. The molecule has 3 aromatic carbocycles. The number of ether oxygens (including phenoxy) is 1. The number of aliphatic carboxylic acids is 1. The van der Waals surface area contributed by atoms with Gasteiger partial charge in [-0.3, -0.25) is 4.79 Å². The first-order valence-electron chi connectivity index (χ1n) is 10.3. The van der Waals surface area contributed by atoms with Gasteiger partial charge in [-0.25, -0.2) is 4.79 Å². The highest BCUT2D eigenvalue weighted by molar-refractivity contribution is 7.00. The second-order valence-corrected chi connectivity index (χ2v) is 8.31. The fraction of sp³-hybridized carbons (Fsp3) is 0.154. The van der Waals surface area contributed by atoms with Crippen LogP contribution in [0.15, 0.2) is 66.2 Å². The largest absolute Gasteiger partial charge is 0.497 e. The van der Waals surface area contributed by atoms with E-state index in [4.69, 9.17) is 4.74 Å². The number of benzene rings is 3. The molecule has 0 radical (unpaired) electrons. The van der Waals surface area contributed by atoms with E-state index in [1.807, 2.05) is 32.0 Å². The molecule has 0 saturated carbocycles. The number of carbonyl (C=O) groups is 2. The van der Waals surface area contributed by atoms with Gasteiger partial charge in [-0.15, -0.1) is 0 Å². The van der Waals surface area contributed by atoms with E-state index in [1.165, 1.54) is 0 Å². The van der Waals surface area contributed by atoms with Crippen molar-refractivity contribution in [3.8, 4) is 5.75 Å². The Kier molecular flexibility index (Phi) is 6.33. The van der Waals surface area contributed by atoms with E-state index in [1.54, 1.807) is 49.6 Å². The number of carboxylic acid groups (broad SMARTS) is 1. The topological polar surface area (TPSA) is 89.4 Å². The molecule has 4 aromatic rings. The lowest BCUT2D eigenvalue weighted by atomic mass is 9.88. The van der Waals surface area contributed by atoms with E-state index in [9.17, 15) is 14.7 Å². The van der Waals surface area contributed by atoms with Gasteiger partial charge in [0.25, 0.3) is 0 Å². The van der Waals surface area contributed by atoms with Gasteiger partial charge in [-0.2, -0.15) is 8.75 Å². The Morgan fingerprint density at radius 2 is 1.67 bits per heavy atom. The Morgan fingerprint density at radius 3 is 2.39 bits per heavy atom. The molecule has 0 aliphatic rings. The van der Waals surface area contributed by atoms with Gasteiger partial charge in [0.2, 0.25) is 0 Å². The molecule has 1 aromatic heterocycles. The fourth-order valence-corrected chi connectivity index (χ4v) is 4.21. The number of aryl methyl sites for hydroxylation is 2. The molecule has 1 N–H and O–H groups in total. The van der Waals surface area contributed by atoms with Crippen molar-refractivity contribution < 1.29 is 19.4 Å². The monoisotopic (exact) mass is 458 g/mol. The third kappa shape index (κ3) is 4.68. The quantitative estimate of drug-likeness (QED) is 0.299. The van der Waals surface area contributed by atoms with Crippen LogP contribution in [0.3, 0.4) is 0 Å². The van der Waals surface area contributed by atoms with Crippen molar-refractivity contribution in [3.63, 3.8) is 0 Å². The smallest absolute Gasteiger partial charge is 0.336 e. The van der Waals surface area contributed by atoms with Crippen molar-refractivity contribution in [1.82, 2.24) is 8.75 Å². The van der Waals surface area contributed by atoms with Crippen LogP contribution in [0.1, 0.15) is 32.6 Å². The van der Waals surface area contributed by atoms with Gasteiger partial charge in [-0.05, 0) is 66.4 Å². The summed E-state index contributed by atoms with van der Waals surface area (Å²) in [4.78, 5) is 26.2. The normalized spacial score (nSPS) is 11.8. The van der Waals surface area contributed by atoms with Crippen LogP contribution in [0.5, 0.6) is 5.75 Å². The van der Waals surface area contributed by atoms with E-state index < -0.39 is 5.97 Å². The van der Waals surface area contributed by atoms with Gasteiger partial charge in [0, 0.05) is 17.6 Å². The number of nitrogens with zero attached hydrogens (tertiary/aromatic N) is 2. The van der Waals surface area contributed by atoms with Crippen molar-refractivity contribution in [2.45, 2.75) is 20.3 Å². The molecule has 0 fully saturated rings. The maximum Gasteiger partial charge on any atom is 0.336 e. The molecule has 0 atom stereocenters. The first kappa shape index (κ1) is 22.4. The molecule has 0 amide bonds. The van der Waals surface area contributed by atoms with E-state index in [0.717, 1.165) is 28.4 Å². The number of fused-ring (bicyclic) bond motifs is 1. The maximum atomic E-state index is 13.7. The number of Topliss-reactive ketones (excluding diaryl/α,β-unsaturated/α-hetero) is 1. The van der Waals surface area contributed by atoms with Crippen LogP contribution < -0.4 is 4.74 Å². The summed E-state index contributed by atoms with van der Waals surface area (Å²) in [5.41, 5.74) is 5.09. The highest BCUT2D eigenvalue weighted by atomic mass is 32.1. The van der Waals surface area contributed by atoms with Gasteiger partial charge in [0.05, 0.1) is 24.4 Å². The first-order valence-corrected chi connectivity index (χ1v) is 11.0. The van der Waals surface area contributed by atoms with Crippen molar-refractivity contribution in [3.05, 3.63) is 94.1 Å². The summed E-state index contributed by atoms with van der Waals surface area (Å²) in [7, 11) is 1.57. The molecule has 1 heterocycles. The maximum absolute atomic E-state index is 13.7. The average molecular weight is 459 g/mol. The Labute approximate surface area is 195 Å². The number of hydrogen-bond acceptors (Lipinski definition) is 6. The van der Waals surface area contributed by atoms with Crippen LogP contribution >= 0.6 is 11.7 Å². The van der Waals surface area contributed by atoms with Gasteiger partial charge < -0.3 is 9.84 Å². The number of aromatic nitrogens is 2. The number of carbonyl (C=O) groups excluding carboxylic acids is 1. The summed E-state index contributed by atoms with van der Waals surface area (Å²) in [6.45, 7) is 3.90. The van der Waals surface area contributed by atoms with Gasteiger partial charge >= 0.3 is 5.97 Å². The third-order valence-electron chi connectivity index (χ3n) is 5.62. The summed E-state index contributed by atoms with van der Waals surface area (Å²) in [5.74, 6) is -0.861. The highest BCUT2D eigenvalue weighted by Gasteiger charge is 2.24. The van der Waals surface area contributed by atoms with Crippen molar-refractivity contribution in [1.29, 1.82) is 0 Å². The predicted molar refractivity (Wildman–Crippen MR) is 129 cm³/mol. The minimum atomic E-state index is -1.17. The minimum Gasteiger partial charge on any atom is -0.497 e. The summed E-state index contributed by atoms with van der Waals surface area (Å²) < 4.78 is 13.7. The third-order valence-corrected chi connectivity index (χ3v) is 6.17. The van der Waals surface area contributed by atoms with Gasteiger partial charge in [-0.1, -0.05) is 30.3 Å². The van der Waals surface area contributed by atoms with Gasteiger partial charge in [0.15, 0.2) is 5.78 Å². The van der Waals surface area contributed by atoms with Crippen LogP contribution in [0.2, 0.25) is 0 Å². The van der Waals surface area contributed by atoms with E-state index in [-0.39, 0.29) is 23.4 Å². The molecule has 0 aliphatic carbocycles. The summed E-state index contributed by atoms with van der Waals surface area (Å²) in [5, 5.41) is 10.2. The number of methoxy groups -OCH3 is 1. The lowest BCUT2D eigenvalue weighted by Gasteiger charge is -2.14. The van der Waals surface area contributed by atoms with Crippen molar-refractivity contribution in [2.75, 3.05) is 7.11 Å². The van der Waals surface area contributed by atoms with Crippen molar-refractivity contribution in [2.24, 2.45) is 0 Å². The summed E-state index contributed by atoms with van der Waals surface area (Å²) >= 11 is 1.06. The second kappa shape index (κ2) is 9.34. The molecule has 0 spiro atoms. The molecule has 166 valence electrons. The van der Waals surface area contributed by atoms with Crippen LogP contribution in [-0.4, -0.2) is 32.7 Å². The zero-order chi connectivity index (χ0) is 23.5. The molecule has 33 heavy (non-hydrogen) atoms. The van der Waals surface area contributed by atoms with E-state index in [2.05, 4.69) is 8.75 Å². The molecule has 4 rings (SSSR count). The number of ketones is 1. The molecular weight excluding hydrogens is 436 g/mol. The minimum absolute atomic E-state index is 0.0454. The van der Waals surface area contributed by atoms with Crippen LogP contribution in [0.4, 0.5) is 0 Å². The molecule has 0 bridgehead atoms. The molecular formula is C26H22N2O4S. The Morgan fingerprint density at radius 1 is 0.909 bits per heavy atom. The summed E-state index contributed by atoms with van der Waals surface area (Å²) in [6.07, 6.45) is 0.137. The zero-order valence-corrected chi connectivity index (χ0v) is 19.3. The summed E-state index contributed by atoms with van der Waals surface area (Å²) in [6, 6.07) is 17.8. The molecule has 7 heteroatoms. The zero-order valence-electron chi connectivity index (χ0n) is 18.5. The molecule has 6 nitrogen and oxygen atoms in total. The second-order valence-electron chi connectivity index (χ2n) is 7.78. The average Bonchev–Trinajstić information content (AvgIpc) is 3.28. The molecule has 0 aliphatic heterocycles. The van der Waals surface area contributed by atoms with Gasteiger partial charge in [0.1, 0.15) is 16.8 Å². The Balaban J connectivity index is 1.92. The fourth-order valence-electron chi connectivity index (χ4n) is 3.69. The van der Waals surface area contributed by atoms with Crippen LogP contribution in [0.25, 0.3) is 16.6 Å². The Hall–Kier alpha value is -3.84. The SMILES string of the molecule is COc1cccc(C/C(C(=O)c2ccc(C)c(C)c2)=C(\C(=O)O)c2ccc3nsnc3c2)c1. The first-order chi connectivity index (χ1) is 15.9. The number of allylic oxidation sites excluding steroid dienone is 1. The van der Waals surface area contributed by atoms with Crippen LogP contribution in [0, 0.1) is 13.8 Å². The molecule has 0 unspecified atom stereocenters. The predicted octanol–water partition coefficient (Wildman–Crippen LogP) is 5.28.